The second-order valence-electron chi connectivity index (χ2n) is 6.03. The van der Waals surface area contributed by atoms with Crippen LogP contribution in [0.1, 0.15) is 26.7 Å². The molecular weight excluding hydrogens is 282 g/mol. The zero-order valence-corrected chi connectivity index (χ0v) is 12.8. The molecule has 0 radical (unpaired) electrons. The Morgan fingerprint density at radius 2 is 2.00 bits per heavy atom. The lowest BCUT2D eigenvalue weighted by molar-refractivity contribution is -0.124. The van der Waals surface area contributed by atoms with E-state index >= 15 is 0 Å². The van der Waals surface area contributed by atoms with Crippen LogP contribution < -0.4 is 11.0 Å². The third kappa shape index (κ3) is 3.06. The lowest BCUT2D eigenvalue weighted by atomic mass is 10.00. The molecule has 2 N–H and O–H groups in total. The predicted octanol–water partition coefficient (Wildman–Crippen LogP) is 1.40. The molecule has 1 amide bonds. The van der Waals surface area contributed by atoms with Gasteiger partial charge in [0.05, 0.1) is 23.2 Å². The van der Waals surface area contributed by atoms with Crippen molar-refractivity contribution in [1.29, 1.82) is 0 Å². The Labute approximate surface area is 128 Å². The van der Waals surface area contributed by atoms with E-state index in [-0.39, 0.29) is 36.4 Å². The molecule has 118 valence electrons. The summed E-state index contributed by atoms with van der Waals surface area (Å²) in [6, 6.07) is 7.47. The van der Waals surface area contributed by atoms with Crippen LogP contribution in [0.25, 0.3) is 11.0 Å². The van der Waals surface area contributed by atoms with Crippen LogP contribution in [-0.4, -0.2) is 33.7 Å². The molecule has 2 aromatic rings. The lowest BCUT2D eigenvalue weighted by Crippen LogP contribution is -2.45. The number of aromatic amines is 1. The highest BCUT2D eigenvalue weighted by Crippen LogP contribution is 2.19. The first-order chi connectivity index (χ1) is 10.5. The fourth-order valence-electron chi connectivity index (χ4n) is 3.20. The SMILES string of the molecule is CC1CC(NC(=O)Cn2c(=O)[nH]c3ccccc32)CC(C)O1. The maximum atomic E-state index is 12.3. The Balaban J connectivity index is 1.71. The summed E-state index contributed by atoms with van der Waals surface area (Å²) in [5, 5.41) is 3.02. The summed E-state index contributed by atoms with van der Waals surface area (Å²) < 4.78 is 7.14. The molecule has 3 rings (SSSR count). The molecule has 1 fully saturated rings. The average molecular weight is 303 g/mol. The maximum absolute atomic E-state index is 12.3. The van der Waals surface area contributed by atoms with E-state index < -0.39 is 0 Å². The molecule has 1 saturated heterocycles. The molecule has 0 aliphatic carbocycles. The second kappa shape index (κ2) is 5.96. The normalized spacial score (nSPS) is 25.3. The second-order valence-corrected chi connectivity index (χ2v) is 6.03. The summed E-state index contributed by atoms with van der Waals surface area (Å²) in [7, 11) is 0. The predicted molar refractivity (Wildman–Crippen MR) is 83.7 cm³/mol. The average Bonchev–Trinajstić information content (AvgIpc) is 2.74. The fraction of sp³-hybridized carbons (Fsp3) is 0.500. The summed E-state index contributed by atoms with van der Waals surface area (Å²) in [5.74, 6) is -0.141. The van der Waals surface area contributed by atoms with E-state index in [1.807, 2.05) is 38.1 Å². The number of hydrogen-bond acceptors (Lipinski definition) is 3. The summed E-state index contributed by atoms with van der Waals surface area (Å²) in [4.78, 5) is 27.0. The summed E-state index contributed by atoms with van der Waals surface area (Å²) in [6.45, 7) is 4.06. The number of nitrogens with one attached hydrogen (secondary N) is 2. The first-order valence-corrected chi connectivity index (χ1v) is 7.65. The van der Waals surface area contributed by atoms with Gasteiger partial charge in [-0.1, -0.05) is 12.1 Å². The summed E-state index contributed by atoms with van der Waals surface area (Å²) in [6.07, 6.45) is 1.90. The molecule has 2 atom stereocenters. The van der Waals surface area contributed by atoms with Gasteiger partial charge in [0, 0.05) is 6.04 Å². The van der Waals surface area contributed by atoms with Crippen molar-refractivity contribution in [2.75, 3.05) is 0 Å². The lowest BCUT2D eigenvalue weighted by Gasteiger charge is -2.32. The molecular formula is C16H21N3O3. The van der Waals surface area contributed by atoms with Crippen LogP contribution in [0.5, 0.6) is 0 Å². The number of amides is 1. The van der Waals surface area contributed by atoms with E-state index in [0.29, 0.717) is 0 Å². The first kappa shape index (κ1) is 14.8. The van der Waals surface area contributed by atoms with Crippen LogP contribution in [0.2, 0.25) is 0 Å². The topological polar surface area (TPSA) is 76.1 Å². The van der Waals surface area contributed by atoms with Gasteiger partial charge in [-0.25, -0.2) is 4.79 Å². The van der Waals surface area contributed by atoms with Gasteiger partial charge in [-0.05, 0) is 38.8 Å². The highest BCUT2D eigenvalue weighted by Gasteiger charge is 2.25. The zero-order chi connectivity index (χ0) is 15.7. The Hall–Kier alpha value is -2.08. The van der Waals surface area contributed by atoms with Crippen molar-refractivity contribution in [2.24, 2.45) is 0 Å². The van der Waals surface area contributed by atoms with Crippen molar-refractivity contribution in [3.05, 3.63) is 34.7 Å². The minimum Gasteiger partial charge on any atom is -0.375 e. The number of rotatable bonds is 3. The van der Waals surface area contributed by atoms with Crippen molar-refractivity contribution >= 4 is 16.9 Å². The van der Waals surface area contributed by atoms with Crippen molar-refractivity contribution < 1.29 is 9.53 Å². The number of benzene rings is 1. The number of fused-ring (bicyclic) bond motifs is 1. The number of nitrogens with zero attached hydrogens (tertiary/aromatic N) is 1. The Kier molecular flexibility index (Phi) is 4.02. The fourth-order valence-corrected chi connectivity index (χ4v) is 3.20. The Morgan fingerprint density at radius 3 is 2.73 bits per heavy atom. The van der Waals surface area contributed by atoms with E-state index in [4.69, 9.17) is 4.74 Å². The number of carbonyl (C=O) groups excluding carboxylic acids is 1. The van der Waals surface area contributed by atoms with Gasteiger partial charge in [0.2, 0.25) is 5.91 Å². The van der Waals surface area contributed by atoms with Crippen LogP contribution in [0, 0.1) is 0 Å². The molecule has 2 heterocycles. The van der Waals surface area contributed by atoms with Gasteiger partial charge in [0.15, 0.2) is 0 Å². The molecule has 0 saturated carbocycles. The summed E-state index contributed by atoms with van der Waals surface area (Å²) in [5.41, 5.74) is 1.23. The first-order valence-electron chi connectivity index (χ1n) is 7.65. The smallest absolute Gasteiger partial charge is 0.326 e. The molecule has 0 spiro atoms. The number of hydrogen-bond donors (Lipinski definition) is 2. The van der Waals surface area contributed by atoms with Crippen molar-refractivity contribution in [3.63, 3.8) is 0 Å². The minimum absolute atomic E-state index is 0.0307. The standard InChI is InChI=1S/C16H21N3O3/c1-10-7-12(8-11(2)22-10)17-15(20)9-19-14-6-4-3-5-13(14)18-16(19)21/h3-6,10-12H,7-9H2,1-2H3,(H,17,20)(H,18,21). The number of carbonyl (C=O) groups is 1. The van der Waals surface area contributed by atoms with Gasteiger partial charge in [0.25, 0.3) is 0 Å². The summed E-state index contributed by atoms with van der Waals surface area (Å²) >= 11 is 0. The number of ether oxygens (including phenoxy) is 1. The van der Waals surface area contributed by atoms with Crippen molar-refractivity contribution in [2.45, 2.75) is 51.5 Å². The molecule has 2 unspecified atom stereocenters. The molecule has 22 heavy (non-hydrogen) atoms. The van der Waals surface area contributed by atoms with Crippen LogP contribution in [0.15, 0.2) is 29.1 Å². The van der Waals surface area contributed by atoms with Crippen molar-refractivity contribution in [1.82, 2.24) is 14.9 Å². The maximum Gasteiger partial charge on any atom is 0.326 e. The Bertz CT molecular complexity index is 724. The third-order valence-corrected chi connectivity index (χ3v) is 4.05. The van der Waals surface area contributed by atoms with Gasteiger partial charge in [-0.15, -0.1) is 0 Å². The van der Waals surface area contributed by atoms with Gasteiger partial charge >= 0.3 is 5.69 Å². The monoisotopic (exact) mass is 303 g/mol. The molecule has 6 nitrogen and oxygen atoms in total. The molecule has 1 aliphatic rings. The van der Waals surface area contributed by atoms with Crippen molar-refractivity contribution in [3.8, 4) is 0 Å². The van der Waals surface area contributed by atoms with E-state index in [1.165, 1.54) is 4.57 Å². The van der Waals surface area contributed by atoms with E-state index in [0.717, 1.165) is 23.9 Å². The van der Waals surface area contributed by atoms with Gasteiger partial charge in [-0.2, -0.15) is 0 Å². The molecule has 0 bridgehead atoms. The van der Waals surface area contributed by atoms with Crippen LogP contribution in [0.4, 0.5) is 0 Å². The van der Waals surface area contributed by atoms with Crippen LogP contribution >= 0.6 is 0 Å². The minimum atomic E-state index is -0.259. The molecule has 1 aromatic heterocycles. The van der Waals surface area contributed by atoms with Crippen LogP contribution in [-0.2, 0) is 16.1 Å². The quantitative estimate of drug-likeness (QED) is 0.900. The highest BCUT2D eigenvalue weighted by atomic mass is 16.5. The van der Waals surface area contributed by atoms with Crippen LogP contribution in [0.3, 0.4) is 0 Å². The van der Waals surface area contributed by atoms with E-state index in [1.54, 1.807) is 0 Å². The number of H-pyrrole nitrogens is 1. The third-order valence-electron chi connectivity index (χ3n) is 4.05. The van der Waals surface area contributed by atoms with Gasteiger partial charge in [0.1, 0.15) is 6.54 Å². The van der Waals surface area contributed by atoms with Gasteiger partial charge in [-0.3, -0.25) is 9.36 Å². The number of imidazole rings is 1. The van der Waals surface area contributed by atoms with E-state index in [2.05, 4.69) is 10.3 Å². The molecule has 6 heteroatoms. The molecule has 1 aliphatic heterocycles. The number of para-hydroxylation sites is 2. The zero-order valence-electron chi connectivity index (χ0n) is 12.8. The van der Waals surface area contributed by atoms with Gasteiger partial charge < -0.3 is 15.0 Å². The highest BCUT2D eigenvalue weighted by molar-refractivity contribution is 5.80. The Morgan fingerprint density at radius 1 is 1.32 bits per heavy atom. The van der Waals surface area contributed by atoms with E-state index in [9.17, 15) is 9.59 Å². The molecule has 1 aromatic carbocycles. The largest absolute Gasteiger partial charge is 0.375 e. The number of aromatic nitrogens is 2.